The Balaban J connectivity index is 1.75. The summed E-state index contributed by atoms with van der Waals surface area (Å²) in [5.41, 5.74) is 1.26. The zero-order valence-corrected chi connectivity index (χ0v) is 15.6. The lowest BCUT2D eigenvalue weighted by molar-refractivity contribution is -0.136. The maximum absolute atomic E-state index is 13.2. The first-order valence-electron chi connectivity index (χ1n) is 8.06. The molecule has 0 aliphatic carbocycles. The first kappa shape index (κ1) is 19.7. The summed E-state index contributed by atoms with van der Waals surface area (Å²) in [6.45, 7) is 0.0930. The normalized spacial score (nSPS) is 18.2. The van der Waals surface area contributed by atoms with Gasteiger partial charge in [0, 0.05) is 18.2 Å². The van der Waals surface area contributed by atoms with Crippen LogP contribution in [0, 0.1) is 5.82 Å². The average Bonchev–Trinajstić information content (AvgIpc) is 3.09. The fourth-order valence-electron chi connectivity index (χ4n) is 2.95. The Morgan fingerprint density at radius 2 is 2.04 bits per heavy atom. The van der Waals surface area contributed by atoms with E-state index < -0.39 is 27.1 Å². The van der Waals surface area contributed by atoms with Gasteiger partial charge in [-0.2, -0.15) is 0 Å². The molecule has 1 amide bonds. The Hall–Kier alpha value is -2.01. The van der Waals surface area contributed by atoms with E-state index in [0.717, 1.165) is 6.07 Å². The van der Waals surface area contributed by atoms with Crippen LogP contribution in [0.25, 0.3) is 11.3 Å². The third kappa shape index (κ3) is 4.29. The number of rotatable bonds is 5. The van der Waals surface area contributed by atoms with E-state index in [4.69, 9.17) is 21.3 Å². The van der Waals surface area contributed by atoms with Gasteiger partial charge in [0.15, 0.2) is 5.76 Å². The number of benzene rings is 1. The van der Waals surface area contributed by atoms with Gasteiger partial charge in [0.05, 0.1) is 22.2 Å². The number of hydrogen-bond acceptors (Lipinski definition) is 7. The van der Waals surface area contributed by atoms with Crippen molar-refractivity contribution in [3.8, 4) is 11.3 Å². The third-order valence-electron chi connectivity index (χ3n) is 4.58. The lowest BCUT2D eigenvalue weighted by Crippen LogP contribution is -2.59. The molecule has 0 atom stereocenters. The van der Waals surface area contributed by atoms with Crippen molar-refractivity contribution in [3.05, 3.63) is 40.8 Å². The van der Waals surface area contributed by atoms with E-state index in [2.05, 4.69) is 10.5 Å². The number of sulfone groups is 1. The zero-order valence-electron chi connectivity index (χ0n) is 14.0. The van der Waals surface area contributed by atoms with Crippen molar-refractivity contribution in [3.63, 3.8) is 0 Å². The summed E-state index contributed by atoms with van der Waals surface area (Å²) in [4.78, 5) is 12.1. The molecule has 1 saturated heterocycles. The molecule has 1 aliphatic rings. The monoisotopic (exact) mass is 417 g/mol. The van der Waals surface area contributed by atoms with Crippen LogP contribution in [0.2, 0.25) is 5.02 Å². The van der Waals surface area contributed by atoms with Crippen LogP contribution < -0.4 is 10.8 Å². The highest BCUT2D eigenvalue weighted by atomic mass is 35.5. The number of carbonyl (C=O) groups is 1. The van der Waals surface area contributed by atoms with Gasteiger partial charge in [-0.15, -0.1) is 0 Å². The summed E-state index contributed by atoms with van der Waals surface area (Å²) in [7, 11) is -3.20. The van der Waals surface area contributed by atoms with Crippen molar-refractivity contribution in [2.75, 3.05) is 11.5 Å². The molecule has 0 unspecified atom stereocenters. The summed E-state index contributed by atoms with van der Waals surface area (Å²) in [5.74, 6) is -1.19. The molecule has 3 rings (SSSR count). The van der Waals surface area contributed by atoms with Crippen molar-refractivity contribution in [1.29, 1.82) is 0 Å². The average molecular weight is 418 g/mol. The van der Waals surface area contributed by atoms with Crippen molar-refractivity contribution in [1.82, 2.24) is 16.0 Å². The van der Waals surface area contributed by atoms with E-state index >= 15 is 0 Å². The molecule has 0 radical (unpaired) electrons. The molecule has 1 aromatic carbocycles. The number of halogens is 2. The Kier molecular flexibility index (Phi) is 5.52. The number of amides is 1. The second-order valence-corrected chi connectivity index (χ2v) is 9.05. The van der Waals surface area contributed by atoms with E-state index in [1.165, 1.54) is 12.1 Å². The van der Waals surface area contributed by atoms with Crippen molar-refractivity contribution < 1.29 is 27.3 Å². The minimum atomic E-state index is -3.20. The number of nitrogens with one attached hydrogen (secondary N) is 2. The van der Waals surface area contributed by atoms with Crippen LogP contribution in [0.1, 0.15) is 18.5 Å². The first-order chi connectivity index (χ1) is 12.7. The quantitative estimate of drug-likeness (QED) is 0.499. The van der Waals surface area contributed by atoms with Crippen molar-refractivity contribution in [2.45, 2.75) is 24.9 Å². The summed E-state index contributed by atoms with van der Waals surface area (Å²) in [5, 5.41) is 16.0. The number of hydroxylamine groups is 1. The topological polar surface area (TPSA) is 122 Å². The number of carbonyl (C=O) groups excluding carboxylic acids is 1. The molecule has 11 heteroatoms. The molecule has 27 heavy (non-hydrogen) atoms. The number of aromatic nitrogens is 1. The molecule has 0 saturated carbocycles. The molecule has 2 heterocycles. The van der Waals surface area contributed by atoms with Crippen molar-refractivity contribution in [2.24, 2.45) is 0 Å². The van der Waals surface area contributed by atoms with Crippen molar-refractivity contribution >= 4 is 27.3 Å². The van der Waals surface area contributed by atoms with Crippen LogP contribution in [0.5, 0.6) is 0 Å². The zero-order chi connectivity index (χ0) is 19.7. The SMILES string of the molecule is O=C(NO)C1(NCc2cc(-c3ccc(F)cc3Cl)on2)CCS(=O)(=O)CC1. The van der Waals surface area contributed by atoms with Crippen LogP contribution in [0.3, 0.4) is 0 Å². The second-order valence-electron chi connectivity index (χ2n) is 6.34. The summed E-state index contributed by atoms with van der Waals surface area (Å²) >= 11 is 6.00. The molecule has 1 fully saturated rings. The molecular weight excluding hydrogens is 401 g/mol. The van der Waals surface area contributed by atoms with Gasteiger partial charge in [-0.1, -0.05) is 16.8 Å². The first-order valence-corrected chi connectivity index (χ1v) is 10.3. The lowest BCUT2D eigenvalue weighted by atomic mass is 9.91. The summed E-state index contributed by atoms with van der Waals surface area (Å²) in [6.07, 6.45) is 0.0481. The molecule has 0 bridgehead atoms. The maximum atomic E-state index is 13.2. The number of hydrogen-bond donors (Lipinski definition) is 3. The lowest BCUT2D eigenvalue weighted by Gasteiger charge is -2.35. The second kappa shape index (κ2) is 7.55. The smallest absolute Gasteiger partial charge is 0.263 e. The van der Waals surface area contributed by atoms with E-state index in [1.54, 1.807) is 11.5 Å². The predicted molar refractivity (Wildman–Crippen MR) is 94.3 cm³/mol. The Morgan fingerprint density at radius 3 is 2.67 bits per heavy atom. The highest BCUT2D eigenvalue weighted by Crippen LogP contribution is 2.29. The van der Waals surface area contributed by atoms with Crippen LogP contribution in [0.15, 0.2) is 28.8 Å². The third-order valence-corrected chi connectivity index (χ3v) is 6.54. The van der Waals surface area contributed by atoms with Crippen LogP contribution in [-0.2, 0) is 21.2 Å². The van der Waals surface area contributed by atoms with E-state index in [-0.39, 0.29) is 35.9 Å². The van der Waals surface area contributed by atoms with Crippen LogP contribution >= 0.6 is 11.6 Å². The van der Waals surface area contributed by atoms with Gasteiger partial charge in [-0.05, 0) is 31.0 Å². The Morgan fingerprint density at radius 1 is 1.33 bits per heavy atom. The molecule has 8 nitrogen and oxygen atoms in total. The van der Waals surface area contributed by atoms with Crippen LogP contribution in [-0.4, -0.2) is 41.7 Å². The van der Waals surface area contributed by atoms with E-state index in [0.29, 0.717) is 17.0 Å². The van der Waals surface area contributed by atoms with Gasteiger partial charge in [0.2, 0.25) is 0 Å². The molecule has 1 aromatic heterocycles. The van der Waals surface area contributed by atoms with Gasteiger partial charge in [-0.3, -0.25) is 15.3 Å². The molecule has 0 spiro atoms. The summed E-state index contributed by atoms with van der Waals surface area (Å²) in [6, 6.07) is 5.43. The largest absolute Gasteiger partial charge is 0.356 e. The van der Waals surface area contributed by atoms with Gasteiger partial charge in [0.1, 0.15) is 21.2 Å². The van der Waals surface area contributed by atoms with Gasteiger partial charge in [-0.25, -0.2) is 18.3 Å². The fourth-order valence-corrected chi connectivity index (χ4v) is 4.73. The van der Waals surface area contributed by atoms with Crippen LogP contribution in [0.4, 0.5) is 4.39 Å². The summed E-state index contributed by atoms with van der Waals surface area (Å²) < 4.78 is 41.7. The standard InChI is InChI=1S/C16H17ClFN3O5S/c17-13-7-10(18)1-2-12(13)14-8-11(21-26-14)9-19-16(15(22)20-23)3-5-27(24,25)6-4-16/h1-2,7-8,19,23H,3-6,9H2,(H,20,22). The Bertz CT molecular complexity index is 949. The van der Waals surface area contributed by atoms with Gasteiger partial charge < -0.3 is 4.52 Å². The highest BCUT2D eigenvalue weighted by Gasteiger charge is 2.43. The minimum Gasteiger partial charge on any atom is -0.356 e. The Labute approximate surface area is 159 Å². The molecule has 1 aliphatic heterocycles. The predicted octanol–water partition coefficient (Wildman–Crippen LogP) is 1.68. The number of nitrogens with zero attached hydrogens (tertiary/aromatic N) is 1. The molecule has 2 aromatic rings. The van der Waals surface area contributed by atoms with E-state index in [9.17, 15) is 17.6 Å². The van der Waals surface area contributed by atoms with Gasteiger partial charge in [0.25, 0.3) is 5.91 Å². The van der Waals surface area contributed by atoms with E-state index in [1.807, 2.05) is 0 Å². The molecular formula is C16H17ClFN3O5S. The maximum Gasteiger partial charge on any atom is 0.263 e. The molecule has 146 valence electrons. The minimum absolute atomic E-state index is 0.0240. The highest BCUT2D eigenvalue weighted by molar-refractivity contribution is 7.91. The fraction of sp³-hybridized carbons (Fsp3) is 0.375. The molecule has 3 N–H and O–H groups in total. The van der Waals surface area contributed by atoms with Gasteiger partial charge >= 0.3 is 0 Å².